The molecule has 1 amide bonds. The highest BCUT2D eigenvalue weighted by Crippen LogP contribution is 2.24. The quantitative estimate of drug-likeness (QED) is 0.0927. The van der Waals surface area contributed by atoms with Gasteiger partial charge < -0.3 is 20.4 Å². The van der Waals surface area contributed by atoms with Gasteiger partial charge in [0, 0.05) is 25.8 Å². The van der Waals surface area contributed by atoms with Crippen LogP contribution in [0.1, 0.15) is 33.1 Å². The lowest BCUT2D eigenvalue weighted by atomic mass is 10.2. The second kappa shape index (κ2) is 17.7. The lowest BCUT2D eigenvalue weighted by Gasteiger charge is -2.44. The number of nitrogens with zero attached hydrogens (tertiary/aromatic N) is 3. The van der Waals surface area contributed by atoms with E-state index in [9.17, 15) is 24.2 Å². The van der Waals surface area contributed by atoms with E-state index in [1.54, 1.807) is 36.4 Å². The van der Waals surface area contributed by atoms with Gasteiger partial charge in [-0.3, -0.25) is 14.6 Å². The molecule has 36 heavy (non-hydrogen) atoms. The summed E-state index contributed by atoms with van der Waals surface area (Å²) in [5.41, 5.74) is 0.695. The number of aliphatic hydroxyl groups excluding tert-OH is 2. The van der Waals surface area contributed by atoms with Crippen molar-refractivity contribution in [2.75, 3.05) is 39.1 Å². The maximum Gasteiger partial charge on any atom is 0.277 e. The highest BCUT2D eigenvalue weighted by molar-refractivity contribution is 8.01. The largest absolute Gasteiger partial charge is 0.503 e. The van der Waals surface area contributed by atoms with Gasteiger partial charge in [-0.2, -0.15) is 5.01 Å². The Morgan fingerprint density at radius 2 is 2.11 bits per heavy atom. The molecule has 1 fully saturated rings. The van der Waals surface area contributed by atoms with Crippen molar-refractivity contribution in [1.29, 1.82) is 0 Å². The van der Waals surface area contributed by atoms with Crippen LogP contribution in [-0.2, 0) is 9.59 Å². The molecule has 200 valence electrons. The van der Waals surface area contributed by atoms with Gasteiger partial charge in [-0.15, -0.1) is 11.8 Å². The van der Waals surface area contributed by atoms with Crippen molar-refractivity contribution in [2.24, 2.45) is 0 Å². The lowest BCUT2D eigenvalue weighted by Crippen LogP contribution is -2.58. The third kappa shape index (κ3) is 10.5. The van der Waals surface area contributed by atoms with E-state index in [2.05, 4.69) is 11.9 Å². The number of nitrogens with one attached hydrogen (secondary N) is 1. The van der Waals surface area contributed by atoms with Crippen LogP contribution >= 0.6 is 11.8 Å². The summed E-state index contributed by atoms with van der Waals surface area (Å²) >= 11 is 1.51. The van der Waals surface area contributed by atoms with Crippen LogP contribution in [0.15, 0.2) is 71.4 Å². The molecule has 1 aliphatic heterocycles. The predicted molar refractivity (Wildman–Crippen MR) is 144 cm³/mol. The van der Waals surface area contributed by atoms with Gasteiger partial charge in [0.25, 0.3) is 5.91 Å². The summed E-state index contributed by atoms with van der Waals surface area (Å²) in [6.07, 6.45) is 13.0. The third-order valence-electron chi connectivity index (χ3n) is 5.21. The third-order valence-corrected chi connectivity index (χ3v) is 5.75. The molecule has 0 bridgehead atoms. The van der Waals surface area contributed by atoms with E-state index in [0.717, 1.165) is 12.0 Å². The standard InChI is InChI=1S/C26H39FN4O4S/c1-5-11-23(33)17-29-20-30(16-21(6-2)19-36-4)31(25(26(29)35)24(34)18-32)15-10-14-28-13-9-8-12-22(27)7-3/h6-8,10,12,15,18-19,23,28,33-34H,2,5,9,11,13-14,16-17,20H2,1,3-4H3/b12-8-,15-10+,21-19+,22-7+,25-24+/t23-/m0/s1. The predicted octanol–water partition coefficient (Wildman–Crippen LogP) is 3.79. The molecule has 0 aromatic carbocycles. The number of halogens is 1. The average Bonchev–Trinajstić information content (AvgIpc) is 2.86. The number of carbonyl (C=O) groups excluding carboxylic acids is 2. The minimum absolute atomic E-state index is 0.0783. The SMILES string of the molecule is C=C/C(=C\SC)CN1CN(C[C@@H](O)CCC)C(=O)/C(=C(\O)C=O)N1/C=C/CNCC/C=C\C(F)=C/C. The molecule has 1 saturated heterocycles. The summed E-state index contributed by atoms with van der Waals surface area (Å²) in [6, 6.07) is 0. The molecular formula is C26H39FN4O4S. The van der Waals surface area contributed by atoms with E-state index in [0.29, 0.717) is 32.5 Å². The zero-order valence-corrected chi connectivity index (χ0v) is 22.2. The summed E-state index contributed by atoms with van der Waals surface area (Å²) in [4.78, 5) is 26.1. The van der Waals surface area contributed by atoms with Gasteiger partial charge in [-0.1, -0.05) is 44.2 Å². The number of rotatable bonds is 16. The van der Waals surface area contributed by atoms with E-state index in [1.807, 2.05) is 18.6 Å². The summed E-state index contributed by atoms with van der Waals surface area (Å²) in [7, 11) is 0. The Kier molecular flexibility index (Phi) is 15.4. The van der Waals surface area contributed by atoms with Gasteiger partial charge >= 0.3 is 0 Å². The van der Waals surface area contributed by atoms with E-state index in [4.69, 9.17) is 0 Å². The number of hydrogen-bond acceptors (Lipinski definition) is 8. The van der Waals surface area contributed by atoms with Crippen molar-refractivity contribution in [3.63, 3.8) is 0 Å². The second-order valence-electron chi connectivity index (χ2n) is 8.06. The van der Waals surface area contributed by atoms with Crippen molar-refractivity contribution in [2.45, 2.75) is 39.2 Å². The molecule has 8 nitrogen and oxygen atoms in total. The number of hydrazine groups is 1. The summed E-state index contributed by atoms with van der Waals surface area (Å²) in [6.45, 7) is 9.06. The van der Waals surface area contributed by atoms with Gasteiger partial charge in [-0.25, -0.2) is 4.39 Å². The first-order valence-corrected chi connectivity index (χ1v) is 13.2. The van der Waals surface area contributed by atoms with Crippen LogP contribution in [0.5, 0.6) is 0 Å². The van der Waals surface area contributed by atoms with Crippen LogP contribution in [0, 0.1) is 0 Å². The summed E-state index contributed by atoms with van der Waals surface area (Å²) < 4.78 is 13.1. The first-order chi connectivity index (χ1) is 17.3. The molecule has 3 N–H and O–H groups in total. The first kappa shape index (κ1) is 31.4. The molecule has 0 saturated carbocycles. The molecule has 10 heteroatoms. The fraction of sp³-hybridized carbons (Fsp3) is 0.462. The Bertz CT molecular complexity index is 885. The van der Waals surface area contributed by atoms with Crippen molar-refractivity contribution >= 4 is 24.0 Å². The van der Waals surface area contributed by atoms with Gasteiger partial charge in [0.2, 0.25) is 0 Å². The van der Waals surface area contributed by atoms with Gasteiger partial charge in [0.05, 0.1) is 12.8 Å². The number of carbonyl (C=O) groups is 2. The normalized spacial score (nSPS) is 18.4. The number of aldehydes is 1. The molecule has 0 aromatic rings. The molecule has 1 heterocycles. The second-order valence-corrected chi connectivity index (χ2v) is 8.77. The van der Waals surface area contributed by atoms with Crippen LogP contribution in [0.25, 0.3) is 0 Å². The number of β-amino-alcohol motifs (C(OH)–C–C–N with tert-alkyl or cyclic N) is 1. The van der Waals surface area contributed by atoms with E-state index in [-0.39, 0.29) is 31.0 Å². The first-order valence-electron chi connectivity index (χ1n) is 11.9. The number of allylic oxidation sites excluding steroid dienone is 4. The van der Waals surface area contributed by atoms with E-state index in [1.165, 1.54) is 33.8 Å². The molecule has 1 aliphatic rings. The van der Waals surface area contributed by atoms with Crippen molar-refractivity contribution in [3.05, 3.63) is 71.4 Å². The van der Waals surface area contributed by atoms with Crippen molar-refractivity contribution in [1.82, 2.24) is 20.2 Å². The van der Waals surface area contributed by atoms with E-state index >= 15 is 0 Å². The Labute approximate surface area is 218 Å². The van der Waals surface area contributed by atoms with Crippen LogP contribution in [-0.4, -0.2) is 82.5 Å². The van der Waals surface area contributed by atoms with Gasteiger partial charge in [0.1, 0.15) is 5.83 Å². The lowest BCUT2D eigenvalue weighted by molar-refractivity contribution is -0.147. The van der Waals surface area contributed by atoms with E-state index < -0.39 is 17.8 Å². The van der Waals surface area contributed by atoms with Gasteiger partial charge in [-0.05, 0) is 49.6 Å². The number of aliphatic hydroxyl groups is 2. The average molecular weight is 523 g/mol. The Morgan fingerprint density at radius 3 is 2.72 bits per heavy atom. The number of hydrogen-bond donors (Lipinski definition) is 3. The minimum Gasteiger partial charge on any atom is -0.503 e. The topological polar surface area (TPSA) is 96.4 Å². The number of thioether (sulfide) groups is 1. The minimum atomic E-state index is -0.720. The smallest absolute Gasteiger partial charge is 0.277 e. The van der Waals surface area contributed by atoms with Crippen molar-refractivity contribution in [3.8, 4) is 0 Å². The molecule has 0 spiro atoms. The highest BCUT2D eigenvalue weighted by Gasteiger charge is 2.37. The maximum absolute atomic E-state index is 13.2. The van der Waals surface area contributed by atoms with Crippen LogP contribution in [0.2, 0.25) is 0 Å². The highest BCUT2D eigenvalue weighted by atomic mass is 32.2. The maximum atomic E-state index is 13.2. The number of amides is 1. The van der Waals surface area contributed by atoms with Crippen molar-refractivity contribution < 1.29 is 24.2 Å². The fourth-order valence-corrected chi connectivity index (χ4v) is 3.92. The molecule has 1 atom stereocenters. The van der Waals surface area contributed by atoms with Crippen LogP contribution in [0.4, 0.5) is 4.39 Å². The molecule has 1 rings (SSSR count). The molecule has 0 aromatic heterocycles. The van der Waals surface area contributed by atoms with Gasteiger partial charge in [0.15, 0.2) is 17.7 Å². The van der Waals surface area contributed by atoms with Crippen LogP contribution < -0.4 is 5.32 Å². The molecule has 0 aliphatic carbocycles. The monoisotopic (exact) mass is 522 g/mol. The molecule has 0 unspecified atom stereocenters. The summed E-state index contributed by atoms with van der Waals surface area (Å²) in [5.74, 6) is -1.53. The summed E-state index contributed by atoms with van der Waals surface area (Å²) in [5, 5.41) is 29.0. The Hall–Kier alpha value is -2.66. The zero-order chi connectivity index (χ0) is 26.9. The van der Waals surface area contributed by atoms with Crippen LogP contribution in [0.3, 0.4) is 0 Å². The zero-order valence-electron chi connectivity index (χ0n) is 21.4. The Morgan fingerprint density at radius 1 is 1.36 bits per heavy atom. The molecular weight excluding hydrogens is 483 g/mol. The fourth-order valence-electron chi connectivity index (χ4n) is 3.44. The molecule has 0 radical (unpaired) electrons. The Balaban J connectivity index is 3.12.